The summed E-state index contributed by atoms with van der Waals surface area (Å²) in [5.74, 6) is 0.988. The van der Waals surface area contributed by atoms with Crippen molar-refractivity contribution in [2.24, 2.45) is 9.98 Å². The van der Waals surface area contributed by atoms with E-state index in [1.165, 1.54) is 0 Å². The van der Waals surface area contributed by atoms with Crippen LogP contribution in [0.2, 0.25) is 0 Å². The Hall–Kier alpha value is -0.830. The average Bonchev–Trinajstić information content (AvgIpc) is 2.59. The van der Waals surface area contributed by atoms with Gasteiger partial charge in [-0.1, -0.05) is 11.8 Å². The van der Waals surface area contributed by atoms with Crippen LogP contribution in [0.3, 0.4) is 0 Å². The van der Waals surface area contributed by atoms with Crippen LogP contribution >= 0.6 is 11.8 Å². The Balaban J connectivity index is 2.36. The third kappa shape index (κ3) is 0.926. The Morgan fingerprint density at radius 1 is 1.40 bits per heavy atom. The molecule has 50 valence electrons. The van der Waals surface area contributed by atoms with Crippen molar-refractivity contribution in [1.82, 2.24) is 0 Å². The third-order valence-corrected chi connectivity index (χ3v) is 2.18. The van der Waals surface area contributed by atoms with Gasteiger partial charge < -0.3 is 0 Å². The molecule has 3 heteroatoms. The van der Waals surface area contributed by atoms with Gasteiger partial charge in [0.05, 0.1) is 5.70 Å². The normalized spacial score (nSPS) is 28.8. The molecular weight excluding hydrogens is 144 g/mol. The largest absolute Gasteiger partial charge is 0.254 e. The minimum absolute atomic E-state index is 0.988. The highest BCUT2D eigenvalue weighted by atomic mass is 32.2. The van der Waals surface area contributed by atoms with E-state index in [-0.39, 0.29) is 0 Å². The van der Waals surface area contributed by atoms with Crippen LogP contribution in [0, 0.1) is 0 Å². The smallest absolute Gasteiger partial charge is 0.122 e. The molecule has 0 saturated carbocycles. The summed E-state index contributed by atoms with van der Waals surface area (Å²) in [5, 5.41) is 1.05. The van der Waals surface area contributed by atoms with Crippen LogP contribution in [0.1, 0.15) is 0 Å². The Kier molecular flexibility index (Phi) is 1.43. The zero-order valence-electron chi connectivity index (χ0n) is 5.32. The molecule has 10 heavy (non-hydrogen) atoms. The topological polar surface area (TPSA) is 24.7 Å². The molecule has 0 aliphatic carbocycles. The fourth-order valence-electron chi connectivity index (χ4n) is 0.841. The number of rotatable bonds is 0. The van der Waals surface area contributed by atoms with E-state index in [4.69, 9.17) is 0 Å². The summed E-state index contributed by atoms with van der Waals surface area (Å²) in [6.45, 7) is 0. The van der Waals surface area contributed by atoms with Crippen LogP contribution in [-0.4, -0.2) is 18.2 Å². The van der Waals surface area contributed by atoms with E-state index < -0.39 is 0 Å². The van der Waals surface area contributed by atoms with Gasteiger partial charge in [0.2, 0.25) is 0 Å². The molecule has 0 fully saturated rings. The van der Waals surface area contributed by atoms with Gasteiger partial charge in [-0.05, 0) is 12.2 Å². The van der Waals surface area contributed by atoms with Crippen molar-refractivity contribution in [3.63, 3.8) is 0 Å². The van der Waals surface area contributed by atoms with E-state index in [0.717, 1.165) is 16.5 Å². The standard InChI is InChI=1S/C7H6N2S/c1-2-6(8-3-1)7-9-4-5-10-7/h1-4H,5H2. The summed E-state index contributed by atoms with van der Waals surface area (Å²) in [6, 6.07) is 0. The second-order valence-corrected chi connectivity index (χ2v) is 2.96. The molecule has 2 rings (SSSR count). The molecule has 0 bridgehead atoms. The predicted molar refractivity (Wildman–Crippen MR) is 45.6 cm³/mol. The number of allylic oxidation sites excluding steroid dienone is 2. The van der Waals surface area contributed by atoms with E-state index in [9.17, 15) is 0 Å². The quantitative estimate of drug-likeness (QED) is 0.515. The molecule has 2 aliphatic rings. The first-order valence-electron chi connectivity index (χ1n) is 3.07. The number of hydrogen-bond acceptors (Lipinski definition) is 3. The summed E-state index contributed by atoms with van der Waals surface area (Å²) >= 11 is 1.73. The third-order valence-electron chi connectivity index (χ3n) is 1.28. The summed E-state index contributed by atoms with van der Waals surface area (Å²) in [5.41, 5.74) is 0.999. The molecule has 0 N–H and O–H groups in total. The summed E-state index contributed by atoms with van der Waals surface area (Å²) in [6.07, 6.45) is 7.60. The summed E-state index contributed by atoms with van der Waals surface area (Å²) in [4.78, 5) is 8.30. The van der Waals surface area contributed by atoms with Crippen molar-refractivity contribution in [1.29, 1.82) is 0 Å². The molecule has 0 spiro atoms. The zero-order chi connectivity index (χ0) is 6.81. The predicted octanol–water partition coefficient (Wildman–Crippen LogP) is 1.61. The molecule has 0 atom stereocenters. The minimum Gasteiger partial charge on any atom is -0.254 e. The summed E-state index contributed by atoms with van der Waals surface area (Å²) < 4.78 is 0. The van der Waals surface area contributed by atoms with Crippen LogP contribution < -0.4 is 0 Å². The van der Waals surface area contributed by atoms with Crippen molar-refractivity contribution in [3.8, 4) is 0 Å². The highest BCUT2D eigenvalue weighted by molar-refractivity contribution is 8.04. The second-order valence-electron chi connectivity index (χ2n) is 1.95. The maximum atomic E-state index is 4.17. The van der Waals surface area contributed by atoms with Crippen molar-refractivity contribution in [2.45, 2.75) is 0 Å². The molecule has 0 aromatic rings. The van der Waals surface area contributed by atoms with Crippen molar-refractivity contribution in [3.05, 3.63) is 22.9 Å². The first-order valence-corrected chi connectivity index (χ1v) is 4.06. The van der Waals surface area contributed by atoms with Gasteiger partial charge in [-0.3, -0.25) is 9.98 Å². The maximum Gasteiger partial charge on any atom is 0.122 e. The number of thioether (sulfide) groups is 1. The van der Waals surface area contributed by atoms with Crippen molar-refractivity contribution in [2.75, 3.05) is 5.75 Å². The molecule has 0 amide bonds. The molecule has 0 radical (unpaired) electrons. The van der Waals surface area contributed by atoms with Gasteiger partial charge in [-0.25, -0.2) is 0 Å². The highest BCUT2D eigenvalue weighted by Crippen LogP contribution is 2.27. The van der Waals surface area contributed by atoms with Crippen LogP contribution in [0.5, 0.6) is 0 Å². The number of hydrogen-bond donors (Lipinski definition) is 0. The fourth-order valence-corrected chi connectivity index (χ4v) is 1.57. The molecule has 2 nitrogen and oxygen atoms in total. The van der Waals surface area contributed by atoms with Crippen LogP contribution in [0.4, 0.5) is 0 Å². The molecule has 0 saturated heterocycles. The van der Waals surface area contributed by atoms with Gasteiger partial charge in [0.25, 0.3) is 0 Å². The lowest BCUT2D eigenvalue weighted by Gasteiger charge is -1.91. The van der Waals surface area contributed by atoms with Gasteiger partial charge in [0.15, 0.2) is 0 Å². The molecule has 0 aromatic carbocycles. The maximum absolute atomic E-state index is 4.17. The fraction of sp³-hybridized carbons (Fsp3) is 0.143. The van der Waals surface area contributed by atoms with E-state index >= 15 is 0 Å². The van der Waals surface area contributed by atoms with Gasteiger partial charge in [0, 0.05) is 18.2 Å². The van der Waals surface area contributed by atoms with Gasteiger partial charge >= 0.3 is 0 Å². The van der Waals surface area contributed by atoms with Crippen LogP contribution in [-0.2, 0) is 0 Å². The lowest BCUT2D eigenvalue weighted by Crippen LogP contribution is -1.71. The van der Waals surface area contributed by atoms with Crippen molar-refractivity contribution >= 4 is 24.2 Å². The van der Waals surface area contributed by atoms with E-state index in [0.29, 0.717) is 0 Å². The lowest BCUT2D eigenvalue weighted by molar-refractivity contribution is 1.38. The first kappa shape index (κ1) is 5.92. The molecule has 0 aromatic heterocycles. The average molecular weight is 150 g/mol. The zero-order valence-corrected chi connectivity index (χ0v) is 6.14. The number of aliphatic imine (C=N–C) groups is 2. The Bertz CT molecular complexity index is 247. The van der Waals surface area contributed by atoms with Crippen LogP contribution in [0.25, 0.3) is 0 Å². The molecule has 0 unspecified atom stereocenters. The molecule has 2 aliphatic heterocycles. The summed E-state index contributed by atoms with van der Waals surface area (Å²) in [7, 11) is 0. The van der Waals surface area contributed by atoms with E-state index in [1.54, 1.807) is 18.0 Å². The van der Waals surface area contributed by atoms with Gasteiger partial charge in [-0.15, -0.1) is 0 Å². The highest BCUT2D eigenvalue weighted by Gasteiger charge is 2.07. The van der Waals surface area contributed by atoms with Crippen molar-refractivity contribution < 1.29 is 0 Å². The molecule has 2 heterocycles. The monoisotopic (exact) mass is 150 g/mol. The minimum atomic E-state index is 0.988. The Morgan fingerprint density at radius 2 is 2.40 bits per heavy atom. The first-order chi connectivity index (χ1) is 4.97. The lowest BCUT2D eigenvalue weighted by atomic mass is 10.5. The SMILES string of the molecule is C1=CC(=C2N=CCS2)N=C1. The van der Waals surface area contributed by atoms with Crippen LogP contribution in [0.15, 0.2) is 32.9 Å². The van der Waals surface area contributed by atoms with E-state index in [2.05, 4.69) is 9.98 Å². The Labute approximate surface area is 63.5 Å². The van der Waals surface area contributed by atoms with E-state index in [1.807, 2.05) is 18.4 Å². The second kappa shape index (κ2) is 2.42. The van der Waals surface area contributed by atoms with Gasteiger partial charge in [-0.2, -0.15) is 0 Å². The molecular formula is C7H6N2S. The van der Waals surface area contributed by atoms with Gasteiger partial charge in [0.1, 0.15) is 5.03 Å². The Morgan fingerprint density at radius 3 is 3.00 bits per heavy atom. The number of nitrogens with zero attached hydrogens (tertiary/aromatic N) is 2.